The standard InChI is InChI=1S/C9H12FNO2S/c10-5-1-2-6(7(11)3-5)9(13)8(12)4-14/h1-3,8-9,12-14H,4,11H2. The molecule has 0 saturated carbocycles. The van der Waals surface area contributed by atoms with E-state index in [0.717, 1.165) is 6.07 Å². The number of rotatable bonds is 3. The molecule has 0 fully saturated rings. The van der Waals surface area contributed by atoms with Crippen LogP contribution in [-0.4, -0.2) is 22.1 Å². The number of hydrogen-bond acceptors (Lipinski definition) is 4. The van der Waals surface area contributed by atoms with Crippen LogP contribution < -0.4 is 5.73 Å². The zero-order valence-corrected chi connectivity index (χ0v) is 8.29. The number of hydrogen-bond donors (Lipinski definition) is 4. The van der Waals surface area contributed by atoms with Gasteiger partial charge in [-0.15, -0.1) is 0 Å². The molecule has 1 aromatic rings. The first-order valence-electron chi connectivity index (χ1n) is 4.08. The first kappa shape index (κ1) is 11.3. The van der Waals surface area contributed by atoms with Crippen LogP contribution in [0.15, 0.2) is 18.2 Å². The van der Waals surface area contributed by atoms with Crippen LogP contribution >= 0.6 is 12.6 Å². The normalized spacial score (nSPS) is 15.1. The van der Waals surface area contributed by atoms with E-state index >= 15 is 0 Å². The Morgan fingerprint density at radius 2 is 2.07 bits per heavy atom. The molecule has 0 aliphatic rings. The van der Waals surface area contributed by atoms with Gasteiger partial charge in [-0.1, -0.05) is 6.07 Å². The molecule has 3 nitrogen and oxygen atoms in total. The lowest BCUT2D eigenvalue weighted by Gasteiger charge is -2.17. The van der Waals surface area contributed by atoms with Crippen molar-refractivity contribution in [2.45, 2.75) is 12.2 Å². The Kier molecular flexibility index (Phi) is 3.74. The highest BCUT2D eigenvalue weighted by atomic mass is 32.1. The van der Waals surface area contributed by atoms with Crippen LogP contribution in [0.3, 0.4) is 0 Å². The van der Waals surface area contributed by atoms with Gasteiger partial charge in [0.15, 0.2) is 0 Å². The molecule has 78 valence electrons. The van der Waals surface area contributed by atoms with Gasteiger partial charge in [0.1, 0.15) is 11.9 Å². The van der Waals surface area contributed by atoms with Gasteiger partial charge in [-0.05, 0) is 12.1 Å². The van der Waals surface area contributed by atoms with E-state index in [1.807, 2.05) is 0 Å². The molecule has 0 aromatic heterocycles. The van der Waals surface area contributed by atoms with E-state index in [0.29, 0.717) is 5.56 Å². The first-order valence-corrected chi connectivity index (χ1v) is 4.71. The third-order valence-electron chi connectivity index (χ3n) is 1.92. The largest absolute Gasteiger partial charge is 0.398 e. The second kappa shape index (κ2) is 4.63. The Morgan fingerprint density at radius 1 is 1.43 bits per heavy atom. The number of thiol groups is 1. The lowest BCUT2D eigenvalue weighted by molar-refractivity contribution is 0.0342. The second-order valence-corrected chi connectivity index (χ2v) is 3.33. The zero-order chi connectivity index (χ0) is 10.7. The molecule has 0 bridgehead atoms. The van der Waals surface area contributed by atoms with E-state index in [4.69, 9.17) is 5.73 Å². The average Bonchev–Trinajstić information content (AvgIpc) is 2.15. The molecule has 0 heterocycles. The van der Waals surface area contributed by atoms with Crippen molar-refractivity contribution in [3.63, 3.8) is 0 Å². The lowest BCUT2D eigenvalue weighted by Crippen LogP contribution is -2.20. The molecule has 0 aliphatic carbocycles. The van der Waals surface area contributed by atoms with Gasteiger partial charge in [0.05, 0.1) is 6.10 Å². The number of nitrogen functional groups attached to an aromatic ring is 1. The third kappa shape index (κ3) is 2.37. The molecule has 1 aromatic carbocycles. The summed E-state index contributed by atoms with van der Waals surface area (Å²) in [7, 11) is 0. The van der Waals surface area contributed by atoms with Gasteiger partial charge in [0.25, 0.3) is 0 Å². The van der Waals surface area contributed by atoms with E-state index < -0.39 is 18.0 Å². The monoisotopic (exact) mass is 217 g/mol. The Hall–Kier alpha value is -0.780. The minimum absolute atomic E-state index is 0.109. The fourth-order valence-corrected chi connectivity index (χ4v) is 1.32. The molecule has 0 spiro atoms. The second-order valence-electron chi connectivity index (χ2n) is 2.97. The van der Waals surface area contributed by atoms with Crippen LogP contribution in [-0.2, 0) is 0 Å². The van der Waals surface area contributed by atoms with Gasteiger partial charge >= 0.3 is 0 Å². The highest BCUT2D eigenvalue weighted by Gasteiger charge is 2.19. The Morgan fingerprint density at radius 3 is 2.57 bits per heavy atom. The first-order chi connectivity index (χ1) is 6.56. The summed E-state index contributed by atoms with van der Waals surface area (Å²) in [4.78, 5) is 0. The van der Waals surface area contributed by atoms with Gasteiger partial charge in [-0.3, -0.25) is 0 Å². The van der Waals surface area contributed by atoms with Crippen molar-refractivity contribution >= 4 is 18.3 Å². The van der Waals surface area contributed by atoms with E-state index in [9.17, 15) is 14.6 Å². The zero-order valence-electron chi connectivity index (χ0n) is 7.39. The lowest BCUT2D eigenvalue weighted by atomic mass is 10.0. The molecule has 2 unspecified atom stereocenters. The summed E-state index contributed by atoms with van der Waals surface area (Å²) >= 11 is 3.83. The molecule has 5 heteroatoms. The molecule has 0 amide bonds. The van der Waals surface area contributed by atoms with Gasteiger partial charge in [-0.2, -0.15) is 12.6 Å². The van der Waals surface area contributed by atoms with Crippen LogP contribution in [0.2, 0.25) is 0 Å². The maximum absolute atomic E-state index is 12.7. The summed E-state index contributed by atoms with van der Waals surface area (Å²) in [6, 6.07) is 3.63. The number of benzene rings is 1. The topological polar surface area (TPSA) is 66.5 Å². The molecule has 0 radical (unpaired) electrons. The minimum Gasteiger partial charge on any atom is -0.398 e. The van der Waals surface area contributed by atoms with Crippen molar-refractivity contribution in [1.29, 1.82) is 0 Å². The van der Waals surface area contributed by atoms with Gasteiger partial charge < -0.3 is 15.9 Å². The Bertz CT molecular complexity index is 322. The van der Waals surface area contributed by atoms with E-state index in [-0.39, 0.29) is 11.4 Å². The number of nitrogens with two attached hydrogens (primary N) is 1. The predicted octanol–water partition coefficient (Wildman–Crippen LogP) is 0.732. The Labute approximate surface area is 86.8 Å². The molecule has 14 heavy (non-hydrogen) atoms. The SMILES string of the molecule is Nc1cc(F)ccc1C(O)C(O)CS. The molecular weight excluding hydrogens is 205 g/mol. The summed E-state index contributed by atoms with van der Waals surface area (Å²) in [5.74, 6) is -0.364. The maximum atomic E-state index is 12.7. The summed E-state index contributed by atoms with van der Waals surface area (Å²) in [6.45, 7) is 0. The van der Waals surface area contributed by atoms with Crippen LogP contribution in [0, 0.1) is 5.82 Å². The van der Waals surface area contributed by atoms with Crippen molar-refractivity contribution < 1.29 is 14.6 Å². The number of aliphatic hydroxyl groups excluding tert-OH is 2. The molecular formula is C9H12FNO2S. The van der Waals surface area contributed by atoms with Crippen molar-refractivity contribution in [3.8, 4) is 0 Å². The number of halogens is 1. The Balaban J connectivity index is 2.95. The molecule has 4 N–H and O–H groups in total. The maximum Gasteiger partial charge on any atom is 0.125 e. The van der Waals surface area contributed by atoms with Crippen molar-refractivity contribution in [3.05, 3.63) is 29.6 Å². The fourth-order valence-electron chi connectivity index (χ4n) is 1.12. The fraction of sp³-hybridized carbons (Fsp3) is 0.333. The van der Waals surface area contributed by atoms with Crippen LogP contribution in [0.25, 0.3) is 0 Å². The summed E-state index contributed by atoms with van der Waals surface area (Å²) in [5.41, 5.74) is 5.92. The summed E-state index contributed by atoms with van der Waals surface area (Å²) < 4.78 is 12.7. The van der Waals surface area contributed by atoms with Crippen LogP contribution in [0.5, 0.6) is 0 Å². The third-order valence-corrected chi connectivity index (χ3v) is 2.29. The number of anilines is 1. The van der Waals surface area contributed by atoms with Crippen molar-refractivity contribution in [2.75, 3.05) is 11.5 Å². The predicted molar refractivity (Wildman–Crippen MR) is 55.6 cm³/mol. The molecule has 1 rings (SSSR count). The quantitative estimate of drug-likeness (QED) is 0.446. The van der Waals surface area contributed by atoms with E-state index in [1.165, 1.54) is 12.1 Å². The molecule has 0 aliphatic heterocycles. The van der Waals surface area contributed by atoms with E-state index in [1.54, 1.807) is 0 Å². The van der Waals surface area contributed by atoms with Crippen molar-refractivity contribution in [2.24, 2.45) is 0 Å². The van der Waals surface area contributed by atoms with Gasteiger partial charge in [0.2, 0.25) is 0 Å². The number of aliphatic hydroxyl groups is 2. The summed E-state index contributed by atoms with van der Waals surface area (Å²) in [5, 5.41) is 18.9. The summed E-state index contributed by atoms with van der Waals surface area (Å²) in [6.07, 6.45) is -2.14. The van der Waals surface area contributed by atoms with E-state index in [2.05, 4.69) is 12.6 Å². The molecule has 0 saturated heterocycles. The van der Waals surface area contributed by atoms with Crippen molar-refractivity contribution in [1.82, 2.24) is 0 Å². The van der Waals surface area contributed by atoms with Gasteiger partial charge in [0, 0.05) is 17.0 Å². The van der Waals surface area contributed by atoms with Crippen LogP contribution in [0.1, 0.15) is 11.7 Å². The highest BCUT2D eigenvalue weighted by molar-refractivity contribution is 7.80. The average molecular weight is 217 g/mol. The smallest absolute Gasteiger partial charge is 0.125 e. The molecule has 2 atom stereocenters. The van der Waals surface area contributed by atoms with Crippen LogP contribution in [0.4, 0.5) is 10.1 Å². The van der Waals surface area contributed by atoms with Gasteiger partial charge in [-0.25, -0.2) is 4.39 Å². The highest BCUT2D eigenvalue weighted by Crippen LogP contribution is 2.24. The minimum atomic E-state index is -1.13.